The van der Waals surface area contributed by atoms with Gasteiger partial charge < -0.3 is 0 Å². The van der Waals surface area contributed by atoms with E-state index < -0.39 is 21.7 Å². The summed E-state index contributed by atoms with van der Waals surface area (Å²) >= 11 is 0. The summed E-state index contributed by atoms with van der Waals surface area (Å²) in [6.45, 7) is 22.1. The van der Waals surface area contributed by atoms with Crippen LogP contribution in [0.15, 0.2) is 0 Å². The average Bonchev–Trinajstić information content (AvgIpc) is 2.34. The summed E-state index contributed by atoms with van der Waals surface area (Å²) < 4.78 is 0. The largest absolute Gasteiger partial charge is 2.00 e. The molecule has 0 fully saturated rings. The molecule has 0 saturated heterocycles. The SMILES string of the molecule is CC(C)(C)C(=O)CC(=O)C(C)(C)C.CC(C)(C)C(=O)CC(=O)C(C)(C)C.[Mg+2].[Mg+2]. The number of carbonyl (C=O) groups is 4. The number of Topliss-reactive ketones (excluding diaryl/α,β-unsaturated/α-hetero) is 4. The van der Waals surface area contributed by atoms with Crippen molar-refractivity contribution < 1.29 is 19.2 Å². The Kier molecular flexibility index (Phi) is 16.3. The van der Waals surface area contributed by atoms with Crippen molar-refractivity contribution in [1.29, 1.82) is 0 Å². The fourth-order valence-corrected chi connectivity index (χ4v) is 1.35. The molecule has 0 N–H and O–H groups in total. The minimum absolute atomic E-state index is 0. The van der Waals surface area contributed by atoms with E-state index in [0.717, 1.165) is 0 Å². The third-order valence-electron chi connectivity index (χ3n) is 3.99. The van der Waals surface area contributed by atoms with Crippen molar-refractivity contribution in [3.63, 3.8) is 0 Å². The third kappa shape index (κ3) is 16.1. The first-order valence-corrected chi connectivity index (χ1v) is 9.23. The van der Waals surface area contributed by atoms with E-state index in [1.807, 2.05) is 83.1 Å². The van der Waals surface area contributed by atoms with Crippen molar-refractivity contribution >= 4 is 69.2 Å². The van der Waals surface area contributed by atoms with Gasteiger partial charge in [0.15, 0.2) is 0 Å². The van der Waals surface area contributed by atoms with E-state index in [1.165, 1.54) is 0 Å². The topological polar surface area (TPSA) is 68.3 Å². The Balaban J connectivity index is -0.000000192. The molecule has 0 aliphatic carbocycles. The van der Waals surface area contributed by atoms with Crippen LogP contribution < -0.4 is 0 Å². The van der Waals surface area contributed by atoms with Crippen LogP contribution in [0.25, 0.3) is 0 Å². The van der Waals surface area contributed by atoms with Crippen LogP contribution in [-0.2, 0) is 19.2 Å². The van der Waals surface area contributed by atoms with Crippen LogP contribution in [0, 0.1) is 21.7 Å². The van der Waals surface area contributed by atoms with Crippen molar-refractivity contribution in [2.75, 3.05) is 0 Å². The monoisotopic (exact) mass is 416 g/mol. The fourth-order valence-electron chi connectivity index (χ4n) is 1.35. The van der Waals surface area contributed by atoms with Gasteiger partial charge in [0.05, 0.1) is 12.8 Å². The first-order chi connectivity index (χ1) is 11.1. The average molecular weight is 417 g/mol. The minimum atomic E-state index is -0.402. The number of hydrogen-bond acceptors (Lipinski definition) is 4. The summed E-state index contributed by atoms with van der Waals surface area (Å²) in [5, 5.41) is 0. The van der Waals surface area contributed by atoms with Gasteiger partial charge in [-0.05, 0) is 0 Å². The predicted molar refractivity (Wildman–Crippen MR) is 119 cm³/mol. The van der Waals surface area contributed by atoms with Crippen molar-refractivity contribution in [3.8, 4) is 0 Å². The fraction of sp³-hybridized carbons (Fsp3) is 0.818. The van der Waals surface area contributed by atoms with Gasteiger partial charge in [-0.3, -0.25) is 19.2 Å². The molecule has 152 valence electrons. The van der Waals surface area contributed by atoms with Gasteiger partial charge in [0.1, 0.15) is 23.1 Å². The number of rotatable bonds is 4. The van der Waals surface area contributed by atoms with Crippen LogP contribution in [0.4, 0.5) is 0 Å². The van der Waals surface area contributed by atoms with Crippen molar-refractivity contribution in [2.24, 2.45) is 21.7 Å². The van der Waals surface area contributed by atoms with E-state index >= 15 is 0 Å². The van der Waals surface area contributed by atoms with E-state index in [-0.39, 0.29) is 82.1 Å². The Morgan fingerprint density at radius 1 is 0.393 bits per heavy atom. The van der Waals surface area contributed by atoms with Crippen LogP contribution in [0.1, 0.15) is 95.9 Å². The van der Waals surface area contributed by atoms with E-state index in [1.54, 1.807) is 0 Å². The molecule has 0 amide bonds. The number of hydrogen-bond donors (Lipinski definition) is 0. The van der Waals surface area contributed by atoms with Crippen LogP contribution in [0.2, 0.25) is 0 Å². The first kappa shape index (κ1) is 35.6. The predicted octanol–water partition coefficient (Wildman–Crippen LogP) is 4.45. The third-order valence-corrected chi connectivity index (χ3v) is 3.99. The van der Waals surface area contributed by atoms with Crippen LogP contribution in [0.3, 0.4) is 0 Å². The van der Waals surface area contributed by atoms with Crippen LogP contribution in [-0.4, -0.2) is 69.2 Å². The van der Waals surface area contributed by atoms with Crippen molar-refractivity contribution in [3.05, 3.63) is 0 Å². The normalized spacial score (nSPS) is 11.9. The Bertz CT molecular complexity index is 439. The van der Waals surface area contributed by atoms with Crippen molar-refractivity contribution in [1.82, 2.24) is 0 Å². The molecule has 0 aromatic carbocycles. The van der Waals surface area contributed by atoms with Gasteiger partial charge in [0.2, 0.25) is 0 Å². The molecule has 0 spiro atoms. The Morgan fingerprint density at radius 2 is 0.500 bits per heavy atom. The molecule has 0 aliphatic rings. The van der Waals surface area contributed by atoms with Crippen LogP contribution in [0.5, 0.6) is 0 Å². The minimum Gasteiger partial charge on any atom is -0.299 e. The molecule has 0 heterocycles. The van der Waals surface area contributed by atoms with E-state index in [0.29, 0.717) is 0 Å². The van der Waals surface area contributed by atoms with Gasteiger partial charge in [-0.25, -0.2) is 0 Å². The molecule has 4 nitrogen and oxygen atoms in total. The molecule has 0 saturated carbocycles. The molecule has 0 radical (unpaired) electrons. The summed E-state index contributed by atoms with van der Waals surface area (Å²) in [7, 11) is 0. The summed E-state index contributed by atoms with van der Waals surface area (Å²) in [6, 6.07) is 0. The summed E-state index contributed by atoms with van der Waals surface area (Å²) in [5.41, 5.74) is -1.61. The maximum atomic E-state index is 11.5. The molecular formula is C22H40Mg2O4+4. The molecule has 0 unspecified atom stereocenters. The van der Waals surface area contributed by atoms with Gasteiger partial charge in [-0.15, -0.1) is 0 Å². The van der Waals surface area contributed by atoms with Gasteiger partial charge in [-0.2, -0.15) is 0 Å². The zero-order valence-electron chi connectivity index (χ0n) is 20.5. The van der Waals surface area contributed by atoms with Gasteiger partial charge in [-0.1, -0.05) is 83.1 Å². The second-order valence-corrected chi connectivity index (χ2v) is 11.0. The Morgan fingerprint density at radius 3 is 0.571 bits per heavy atom. The maximum absolute atomic E-state index is 11.5. The summed E-state index contributed by atoms with van der Waals surface area (Å²) in [5.74, 6) is 0.0831. The first-order valence-electron chi connectivity index (χ1n) is 9.23. The Hall–Kier alpha value is 0.212. The van der Waals surface area contributed by atoms with E-state index in [4.69, 9.17) is 0 Å². The van der Waals surface area contributed by atoms with Gasteiger partial charge >= 0.3 is 46.1 Å². The van der Waals surface area contributed by atoms with Gasteiger partial charge in [0, 0.05) is 21.7 Å². The smallest absolute Gasteiger partial charge is 0.299 e. The van der Waals surface area contributed by atoms with Gasteiger partial charge in [0.25, 0.3) is 0 Å². The van der Waals surface area contributed by atoms with Crippen LogP contribution >= 0.6 is 0 Å². The number of ketones is 4. The standard InChI is InChI=1S/2C11H20O2.2Mg/c2*1-10(2,3)8(12)7-9(13)11(4,5)6;;/h2*7H2,1-6H3;;/q;;2*+2. The van der Waals surface area contributed by atoms with E-state index in [2.05, 4.69) is 0 Å². The molecule has 28 heavy (non-hydrogen) atoms. The molecule has 0 aromatic heterocycles. The summed E-state index contributed by atoms with van der Waals surface area (Å²) in [6.07, 6.45) is 0.125. The molecule has 6 heteroatoms. The molecule has 0 rings (SSSR count). The summed E-state index contributed by atoms with van der Waals surface area (Å²) in [4.78, 5) is 46.0. The molecule has 0 aromatic rings. The maximum Gasteiger partial charge on any atom is 2.00 e. The van der Waals surface area contributed by atoms with E-state index in [9.17, 15) is 19.2 Å². The zero-order chi connectivity index (χ0) is 21.7. The molecule has 0 bridgehead atoms. The Labute approximate surface area is 205 Å². The molecule has 0 atom stereocenters. The zero-order valence-corrected chi connectivity index (χ0v) is 23.3. The molecular weight excluding hydrogens is 377 g/mol. The second-order valence-electron chi connectivity index (χ2n) is 11.0. The van der Waals surface area contributed by atoms with Crippen molar-refractivity contribution in [2.45, 2.75) is 95.9 Å². The molecule has 0 aliphatic heterocycles. The number of carbonyl (C=O) groups excluding carboxylic acids is 4. The second kappa shape index (κ2) is 12.8. The quantitative estimate of drug-likeness (QED) is 0.501.